The molecule has 0 saturated carbocycles. The molecule has 0 spiro atoms. The van der Waals surface area contributed by atoms with Crippen molar-refractivity contribution in [2.24, 2.45) is 0 Å². The van der Waals surface area contributed by atoms with Gasteiger partial charge in [0.25, 0.3) is 0 Å². The van der Waals surface area contributed by atoms with Gasteiger partial charge in [0.2, 0.25) is 0 Å². The Hall–Kier alpha value is -1.58. The summed E-state index contributed by atoms with van der Waals surface area (Å²) < 4.78 is 4.63. The van der Waals surface area contributed by atoms with Crippen molar-refractivity contribution in [3.05, 3.63) is 24.3 Å². The summed E-state index contributed by atoms with van der Waals surface area (Å²) >= 11 is 0. The van der Waals surface area contributed by atoms with Gasteiger partial charge >= 0.3 is 11.9 Å². The van der Waals surface area contributed by atoms with Crippen LogP contribution in [0.15, 0.2) is 24.3 Å². The van der Waals surface area contributed by atoms with E-state index in [1.54, 1.807) is 6.08 Å². The first-order valence-electron chi connectivity index (χ1n) is 5.17. The number of hydrogen-bond acceptors (Lipinski definition) is 3. The summed E-state index contributed by atoms with van der Waals surface area (Å²) in [5, 5.41) is 7.91. The lowest BCUT2D eigenvalue weighted by atomic mass is 10.4. The van der Waals surface area contributed by atoms with Crippen LogP contribution in [0.5, 0.6) is 0 Å². The first-order chi connectivity index (χ1) is 7.54. The molecule has 0 aromatic rings. The van der Waals surface area contributed by atoms with Crippen molar-refractivity contribution in [2.45, 2.75) is 33.6 Å². The maximum absolute atomic E-state index is 10.2. The Labute approximate surface area is 96.6 Å². The molecule has 0 aliphatic rings. The van der Waals surface area contributed by atoms with Crippen LogP contribution in [0.1, 0.15) is 33.6 Å². The molecule has 0 fully saturated rings. The standard InChI is InChI=1S/C8H12O2.C4H8O2/c1-3-4-5-6-7-10-8(2)9;1-2-3-4(5)6/h3-6H,7H2,1-2H3;2-3H2,1H3,(H,5,6)/b4-3+,6-5+;. The van der Waals surface area contributed by atoms with Gasteiger partial charge in [-0.15, -0.1) is 0 Å². The lowest BCUT2D eigenvalue weighted by Gasteiger charge is -1.92. The van der Waals surface area contributed by atoms with Crippen molar-refractivity contribution in [1.82, 2.24) is 0 Å². The van der Waals surface area contributed by atoms with Crippen LogP contribution in [0.4, 0.5) is 0 Å². The maximum atomic E-state index is 10.2. The molecule has 0 atom stereocenters. The second-order valence-electron chi connectivity index (χ2n) is 2.90. The summed E-state index contributed by atoms with van der Waals surface area (Å²) in [5.74, 6) is -0.956. The van der Waals surface area contributed by atoms with E-state index in [1.165, 1.54) is 6.92 Å². The fourth-order valence-electron chi connectivity index (χ4n) is 0.625. The summed E-state index contributed by atoms with van der Waals surface area (Å²) in [6.07, 6.45) is 8.42. The maximum Gasteiger partial charge on any atom is 0.303 e. The van der Waals surface area contributed by atoms with Crippen LogP contribution in [0.3, 0.4) is 0 Å². The number of carbonyl (C=O) groups is 2. The van der Waals surface area contributed by atoms with Gasteiger partial charge in [0.05, 0.1) is 0 Å². The van der Waals surface area contributed by atoms with Crippen LogP contribution in [-0.2, 0) is 14.3 Å². The molecule has 0 aromatic heterocycles. The highest BCUT2D eigenvalue weighted by molar-refractivity contribution is 5.66. The number of hydrogen-bond donors (Lipinski definition) is 1. The average Bonchev–Trinajstić information content (AvgIpc) is 2.17. The van der Waals surface area contributed by atoms with Crippen LogP contribution in [0.2, 0.25) is 0 Å². The van der Waals surface area contributed by atoms with Gasteiger partial charge in [-0.1, -0.05) is 25.2 Å². The van der Waals surface area contributed by atoms with E-state index in [9.17, 15) is 9.59 Å². The van der Waals surface area contributed by atoms with Crippen molar-refractivity contribution >= 4 is 11.9 Å². The molecular formula is C12H20O4. The summed E-state index contributed by atoms with van der Waals surface area (Å²) in [6, 6.07) is 0. The molecule has 1 N–H and O–H groups in total. The third-order valence-electron chi connectivity index (χ3n) is 1.29. The zero-order valence-electron chi connectivity index (χ0n) is 10.1. The van der Waals surface area contributed by atoms with Crippen molar-refractivity contribution in [3.8, 4) is 0 Å². The predicted molar refractivity (Wildman–Crippen MR) is 63.1 cm³/mol. The Morgan fingerprint density at radius 3 is 2.25 bits per heavy atom. The highest BCUT2D eigenvalue weighted by Gasteiger charge is 1.87. The minimum absolute atomic E-state index is 0.245. The molecule has 92 valence electrons. The van der Waals surface area contributed by atoms with Crippen LogP contribution >= 0.6 is 0 Å². The Morgan fingerprint density at radius 1 is 1.31 bits per heavy atom. The second-order valence-corrected chi connectivity index (χ2v) is 2.90. The van der Waals surface area contributed by atoms with Gasteiger partial charge in [0.1, 0.15) is 6.61 Å². The molecule has 0 aromatic carbocycles. The zero-order valence-corrected chi connectivity index (χ0v) is 10.1. The highest BCUT2D eigenvalue weighted by Crippen LogP contribution is 1.82. The van der Waals surface area contributed by atoms with Gasteiger partial charge < -0.3 is 9.84 Å². The SMILES string of the molecule is C/C=C/C=C/COC(C)=O.CCCC(=O)O. The number of carboxylic acids is 1. The Balaban J connectivity index is 0. The smallest absolute Gasteiger partial charge is 0.303 e. The zero-order chi connectivity index (χ0) is 12.8. The van der Waals surface area contributed by atoms with Crippen molar-refractivity contribution in [2.75, 3.05) is 6.61 Å². The number of ether oxygens (including phenoxy) is 1. The van der Waals surface area contributed by atoms with E-state index in [-0.39, 0.29) is 5.97 Å². The lowest BCUT2D eigenvalue weighted by molar-refractivity contribution is -0.140. The van der Waals surface area contributed by atoms with E-state index in [0.717, 1.165) is 6.42 Å². The topological polar surface area (TPSA) is 63.6 Å². The number of aliphatic carboxylic acids is 1. The van der Waals surface area contributed by atoms with Crippen LogP contribution < -0.4 is 0 Å². The third kappa shape index (κ3) is 22.8. The third-order valence-corrected chi connectivity index (χ3v) is 1.29. The van der Waals surface area contributed by atoms with Gasteiger partial charge in [-0.25, -0.2) is 0 Å². The number of carbonyl (C=O) groups excluding carboxylic acids is 1. The summed E-state index contributed by atoms with van der Waals surface area (Å²) in [4.78, 5) is 19.8. The van der Waals surface area contributed by atoms with Crippen molar-refractivity contribution < 1.29 is 19.4 Å². The molecule has 0 aliphatic heterocycles. The van der Waals surface area contributed by atoms with Crippen molar-refractivity contribution in [3.63, 3.8) is 0 Å². The Bertz CT molecular complexity index is 241. The molecule has 0 amide bonds. The number of carboxylic acid groups (broad SMARTS) is 1. The molecule has 4 nitrogen and oxygen atoms in total. The van der Waals surface area contributed by atoms with E-state index in [2.05, 4.69) is 4.74 Å². The first-order valence-corrected chi connectivity index (χ1v) is 5.17. The van der Waals surface area contributed by atoms with E-state index in [1.807, 2.05) is 32.1 Å². The molecular weight excluding hydrogens is 208 g/mol. The quantitative estimate of drug-likeness (QED) is 0.580. The molecule has 4 heteroatoms. The minimum Gasteiger partial charge on any atom is -0.481 e. The molecule has 0 saturated heterocycles. The predicted octanol–water partition coefficient (Wildman–Crippen LogP) is 2.55. The molecule has 0 bridgehead atoms. The highest BCUT2D eigenvalue weighted by atomic mass is 16.5. The van der Waals surface area contributed by atoms with E-state index in [0.29, 0.717) is 13.0 Å². The van der Waals surface area contributed by atoms with Crippen molar-refractivity contribution in [1.29, 1.82) is 0 Å². The molecule has 0 rings (SSSR count). The monoisotopic (exact) mass is 228 g/mol. The van der Waals surface area contributed by atoms with Gasteiger partial charge in [-0.2, -0.15) is 0 Å². The lowest BCUT2D eigenvalue weighted by Crippen LogP contribution is -1.96. The fraction of sp³-hybridized carbons (Fsp3) is 0.500. The summed E-state index contributed by atoms with van der Waals surface area (Å²) in [7, 11) is 0. The molecule has 0 radical (unpaired) electrons. The van der Waals surface area contributed by atoms with Crippen LogP contribution in [0, 0.1) is 0 Å². The summed E-state index contributed by atoms with van der Waals surface area (Å²) in [6.45, 7) is 5.52. The first kappa shape index (κ1) is 16.8. The largest absolute Gasteiger partial charge is 0.481 e. The van der Waals surface area contributed by atoms with E-state index in [4.69, 9.17) is 5.11 Å². The minimum atomic E-state index is -0.711. The van der Waals surface area contributed by atoms with E-state index >= 15 is 0 Å². The van der Waals surface area contributed by atoms with Gasteiger partial charge in [-0.3, -0.25) is 9.59 Å². The summed E-state index contributed by atoms with van der Waals surface area (Å²) in [5.41, 5.74) is 0. The van der Waals surface area contributed by atoms with Crippen LogP contribution in [0.25, 0.3) is 0 Å². The number of rotatable bonds is 5. The van der Waals surface area contributed by atoms with E-state index < -0.39 is 5.97 Å². The molecule has 0 aliphatic carbocycles. The second kappa shape index (κ2) is 13.4. The molecule has 0 unspecified atom stereocenters. The van der Waals surface area contributed by atoms with Gasteiger partial charge in [-0.05, 0) is 19.4 Å². The Kier molecular flexibility index (Phi) is 14.1. The van der Waals surface area contributed by atoms with Crippen LogP contribution in [-0.4, -0.2) is 23.7 Å². The molecule has 16 heavy (non-hydrogen) atoms. The number of esters is 1. The fourth-order valence-corrected chi connectivity index (χ4v) is 0.625. The van der Waals surface area contributed by atoms with Gasteiger partial charge in [0, 0.05) is 13.3 Å². The average molecular weight is 228 g/mol. The normalized spacial score (nSPS) is 9.94. The Morgan fingerprint density at radius 2 is 1.94 bits per heavy atom. The van der Waals surface area contributed by atoms with Gasteiger partial charge in [0.15, 0.2) is 0 Å². The molecule has 0 heterocycles. The number of allylic oxidation sites excluding steroid dienone is 3.